The van der Waals surface area contributed by atoms with Crippen LogP contribution in [0.4, 0.5) is 0 Å². The van der Waals surface area contributed by atoms with Crippen molar-refractivity contribution in [3.63, 3.8) is 0 Å². The molecule has 3 heteroatoms. The van der Waals surface area contributed by atoms with Crippen LogP contribution in [0.2, 0.25) is 0 Å². The zero-order valence-corrected chi connectivity index (χ0v) is 7.56. The van der Waals surface area contributed by atoms with Crippen LogP contribution in [0.5, 0.6) is 0 Å². The van der Waals surface area contributed by atoms with Gasteiger partial charge in [0.25, 0.3) is 0 Å². The third-order valence-electron chi connectivity index (χ3n) is 1.56. The van der Waals surface area contributed by atoms with Crippen molar-refractivity contribution < 1.29 is 5.11 Å². The van der Waals surface area contributed by atoms with Gasteiger partial charge in [-0.1, -0.05) is 22.9 Å². The molecule has 58 valence electrons. The van der Waals surface area contributed by atoms with Crippen molar-refractivity contribution in [2.45, 2.75) is 18.3 Å². The Balaban J connectivity index is 2.53. The number of nitrogens with one attached hydrogen (secondary N) is 1. The molecule has 0 spiro atoms. The van der Waals surface area contributed by atoms with Gasteiger partial charge >= 0.3 is 0 Å². The highest BCUT2D eigenvalue weighted by molar-refractivity contribution is 9.09. The van der Waals surface area contributed by atoms with Gasteiger partial charge in [-0.3, -0.25) is 5.32 Å². The molecular weight excluding hydrogens is 194 g/mol. The summed E-state index contributed by atoms with van der Waals surface area (Å²) in [5, 5.41) is 12.3. The van der Waals surface area contributed by atoms with Crippen molar-refractivity contribution in [1.82, 2.24) is 5.32 Å². The van der Waals surface area contributed by atoms with E-state index >= 15 is 0 Å². The minimum atomic E-state index is 0.336. The van der Waals surface area contributed by atoms with E-state index < -0.39 is 0 Å². The quantitative estimate of drug-likeness (QED) is 0.467. The molecule has 0 aromatic heterocycles. The van der Waals surface area contributed by atoms with Crippen molar-refractivity contribution in [3.05, 3.63) is 11.8 Å². The van der Waals surface area contributed by atoms with E-state index in [-0.39, 0.29) is 0 Å². The first-order valence-corrected chi connectivity index (χ1v) is 4.37. The van der Waals surface area contributed by atoms with Gasteiger partial charge in [0.05, 0.1) is 11.5 Å². The number of rotatable bonds is 0. The summed E-state index contributed by atoms with van der Waals surface area (Å²) in [5.74, 6) is 0.911. The second-order valence-corrected chi connectivity index (χ2v) is 3.82. The van der Waals surface area contributed by atoms with Crippen LogP contribution in [0.25, 0.3) is 0 Å². The molecule has 0 saturated carbocycles. The van der Waals surface area contributed by atoms with E-state index in [4.69, 9.17) is 5.11 Å². The monoisotopic (exact) mass is 205 g/mol. The Bertz CT molecular complexity index is 147. The maximum absolute atomic E-state index is 9.16. The zero-order valence-electron chi connectivity index (χ0n) is 5.97. The smallest absolute Gasteiger partial charge is 0.102 e. The molecule has 0 bridgehead atoms. The zero-order chi connectivity index (χ0) is 7.56. The highest BCUT2D eigenvalue weighted by Gasteiger charge is 2.12. The molecular formula is C7H12BrNO. The first-order chi connectivity index (χ1) is 4.68. The summed E-state index contributed by atoms with van der Waals surface area (Å²) >= 11 is 3.45. The van der Waals surface area contributed by atoms with E-state index in [1.807, 2.05) is 6.08 Å². The minimum absolute atomic E-state index is 0.336. The Morgan fingerprint density at radius 1 is 1.80 bits per heavy atom. The lowest BCUT2D eigenvalue weighted by molar-refractivity contribution is 0.390. The maximum Gasteiger partial charge on any atom is 0.102 e. The first-order valence-electron chi connectivity index (χ1n) is 3.45. The third-order valence-corrected chi connectivity index (χ3v) is 2.26. The molecule has 2 atom stereocenters. The van der Waals surface area contributed by atoms with Crippen LogP contribution in [0.1, 0.15) is 13.3 Å². The molecule has 0 aromatic carbocycles. The lowest BCUT2D eigenvalue weighted by Gasteiger charge is -2.08. The van der Waals surface area contributed by atoms with Crippen molar-refractivity contribution >= 4 is 15.9 Å². The van der Waals surface area contributed by atoms with Crippen LogP contribution in [0.15, 0.2) is 11.8 Å². The third kappa shape index (κ3) is 2.31. The Labute approximate surface area is 69.4 Å². The van der Waals surface area contributed by atoms with Gasteiger partial charge in [0.2, 0.25) is 0 Å². The van der Waals surface area contributed by atoms with E-state index in [0.29, 0.717) is 23.2 Å². The summed E-state index contributed by atoms with van der Waals surface area (Å²) in [5.41, 5.74) is 0. The summed E-state index contributed by atoms with van der Waals surface area (Å²) in [7, 11) is 0. The van der Waals surface area contributed by atoms with Gasteiger partial charge in [-0.05, 0) is 18.4 Å². The van der Waals surface area contributed by atoms with E-state index in [2.05, 4.69) is 28.2 Å². The van der Waals surface area contributed by atoms with E-state index in [1.165, 1.54) is 0 Å². The van der Waals surface area contributed by atoms with Gasteiger partial charge in [0.1, 0.15) is 5.76 Å². The average Bonchev–Trinajstić information content (AvgIpc) is 1.93. The van der Waals surface area contributed by atoms with Crippen LogP contribution in [-0.4, -0.2) is 16.6 Å². The van der Waals surface area contributed by atoms with E-state index in [9.17, 15) is 0 Å². The summed E-state index contributed by atoms with van der Waals surface area (Å²) in [6, 6.07) is 0. The molecule has 10 heavy (non-hydrogen) atoms. The Hall–Kier alpha value is -0.0200. The number of aliphatic hydroxyl groups is 1. The number of halogens is 1. The summed E-state index contributed by atoms with van der Waals surface area (Å²) in [6.45, 7) is 2.68. The fourth-order valence-electron chi connectivity index (χ4n) is 1.08. The van der Waals surface area contributed by atoms with E-state index in [0.717, 1.165) is 6.42 Å². The highest BCUT2D eigenvalue weighted by atomic mass is 79.9. The highest BCUT2D eigenvalue weighted by Crippen LogP contribution is 2.16. The van der Waals surface area contributed by atoms with Crippen molar-refractivity contribution in [2.75, 3.05) is 6.54 Å². The molecule has 0 amide bonds. The number of aliphatic hydroxyl groups excluding tert-OH is 1. The normalized spacial score (nSPS) is 34.8. The molecule has 1 aliphatic heterocycles. The molecule has 1 heterocycles. The predicted octanol–water partition coefficient (Wildman–Crippen LogP) is 1.78. The molecule has 0 fully saturated rings. The lowest BCUT2D eigenvalue weighted by Crippen LogP contribution is -2.24. The lowest BCUT2D eigenvalue weighted by atomic mass is 10.1. The second kappa shape index (κ2) is 3.39. The van der Waals surface area contributed by atoms with Gasteiger partial charge in [-0.2, -0.15) is 0 Å². The van der Waals surface area contributed by atoms with Crippen molar-refractivity contribution in [2.24, 2.45) is 5.92 Å². The molecule has 1 aliphatic rings. The maximum atomic E-state index is 9.16. The average molecular weight is 206 g/mol. The van der Waals surface area contributed by atoms with Gasteiger partial charge in [0.15, 0.2) is 0 Å². The topological polar surface area (TPSA) is 32.3 Å². The van der Waals surface area contributed by atoms with E-state index in [1.54, 1.807) is 0 Å². The van der Waals surface area contributed by atoms with Gasteiger partial charge < -0.3 is 5.11 Å². The molecule has 2 N–H and O–H groups in total. The molecule has 1 rings (SSSR count). The summed E-state index contributed by atoms with van der Waals surface area (Å²) < 4.78 is 0. The number of allylic oxidation sites excluding steroid dienone is 1. The Morgan fingerprint density at radius 2 is 2.50 bits per heavy atom. The standard InChI is InChI=1S/C7H12BrNO/c1-5-2-6(10)4-9-7(8)3-5/h2,5,7,9-10H,3-4H2,1H3/t5-,7-/m1/s1. The van der Waals surface area contributed by atoms with Crippen molar-refractivity contribution in [3.8, 4) is 0 Å². The van der Waals surface area contributed by atoms with Crippen LogP contribution < -0.4 is 5.32 Å². The largest absolute Gasteiger partial charge is 0.511 e. The Morgan fingerprint density at radius 3 is 3.20 bits per heavy atom. The van der Waals surface area contributed by atoms with Crippen LogP contribution in [0.3, 0.4) is 0 Å². The predicted molar refractivity (Wildman–Crippen MR) is 45.2 cm³/mol. The first kappa shape index (κ1) is 8.08. The molecule has 0 saturated heterocycles. The molecule has 0 aliphatic carbocycles. The number of hydrogen-bond acceptors (Lipinski definition) is 2. The SMILES string of the molecule is C[C@@H]1C=C(O)CN[C@@H](Br)C1. The fraction of sp³-hybridized carbons (Fsp3) is 0.714. The fourth-order valence-corrected chi connectivity index (χ4v) is 1.83. The van der Waals surface area contributed by atoms with Gasteiger partial charge in [0, 0.05) is 0 Å². The molecule has 2 nitrogen and oxygen atoms in total. The summed E-state index contributed by atoms with van der Waals surface area (Å²) in [4.78, 5) is 0.336. The molecule has 0 aromatic rings. The molecule has 0 radical (unpaired) electrons. The molecule has 0 unspecified atom stereocenters. The number of hydrogen-bond donors (Lipinski definition) is 2. The van der Waals surface area contributed by atoms with Crippen LogP contribution in [0, 0.1) is 5.92 Å². The second-order valence-electron chi connectivity index (χ2n) is 2.72. The number of alkyl halides is 1. The summed E-state index contributed by atoms with van der Waals surface area (Å²) in [6.07, 6.45) is 2.93. The van der Waals surface area contributed by atoms with Crippen LogP contribution in [-0.2, 0) is 0 Å². The van der Waals surface area contributed by atoms with Gasteiger partial charge in [-0.15, -0.1) is 0 Å². The minimum Gasteiger partial charge on any atom is -0.511 e. The Kier molecular flexibility index (Phi) is 2.74. The van der Waals surface area contributed by atoms with Crippen molar-refractivity contribution in [1.29, 1.82) is 0 Å². The van der Waals surface area contributed by atoms with Crippen LogP contribution >= 0.6 is 15.9 Å². The van der Waals surface area contributed by atoms with Gasteiger partial charge in [-0.25, -0.2) is 0 Å².